The molecule has 0 aromatic rings. The monoisotopic (exact) mass is 239 g/mol. The van der Waals surface area contributed by atoms with Crippen molar-refractivity contribution in [3.05, 3.63) is 0 Å². The highest BCUT2D eigenvalue weighted by molar-refractivity contribution is 5.85. The topological polar surface area (TPSA) is 72.5 Å². The van der Waals surface area contributed by atoms with Crippen LogP contribution in [0.15, 0.2) is 0 Å². The minimum atomic E-state index is -1.21. The maximum Gasteiger partial charge on any atom is 0.336 e. The molecule has 0 saturated heterocycles. The van der Waals surface area contributed by atoms with Crippen molar-refractivity contribution >= 4 is 18.4 Å². The Morgan fingerprint density at radius 3 is 2.13 bits per heavy atom. The van der Waals surface area contributed by atoms with Crippen LogP contribution in [0.3, 0.4) is 0 Å². The van der Waals surface area contributed by atoms with Gasteiger partial charge in [-0.2, -0.15) is 0 Å². The van der Waals surface area contributed by atoms with Gasteiger partial charge in [-0.3, -0.25) is 0 Å². The summed E-state index contributed by atoms with van der Waals surface area (Å²) in [6.45, 7) is 7.44. The summed E-state index contributed by atoms with van der Waals surface area (Å²) in [6, 6.07) is -0.541. The quantitative estimate of drug-likeness (QED) is 0.705. The lowest BCUT2D eigenvalue weighted by molar-refractivity contribution is -0.158. The van der Waals surface area contributed by atoms with Crippen LogP contribution in [-0.2, 0) is 9.53 Å². The zero-order valence-electron chi connectivity index (χ0n) is 9.77. The first-order valence-electron chi connectivity index (χ1n) is 4.98. The maximum absolute atomic E-state index is 11.2. The second-order valence-electron chi connectivity index (χ2n) is 4.22. The van der Waals surface area contributed by atoms with Gasteiger partial charge in [0, 0.05) is 6.04 Å². The lowest BCUT2D eigenvalue weighted by atomic mass is 10.0. The molecule has 4 nitrogen and oxygen atoms in total. The van der Waals surface area contributed by atoms with Crippen molar-refractivity contribution in [1.29, 1.82) is 0 Å². The van der Waals surface area contributed by atoms with Gasteiger partial charge >= 0.3 is 5.97 Å². The number of ether oxygens (including phenoxy) is 1. The molecule has 0 rings (SSSR count). The summed E-state index contributed by atoms with van der Waals surface area (Å²) >= 11 is 0. The third-order valence-electron chi connectivity index (χ3n) is 1.74. The molecule has 0 aliphatic heterocycles. The molecule has 0 aliphatic carbocycles. The average Bonchev–Trinajstić information content (AvgIpc) is 2.00. The van der Waals surface area contributed by atoms with Crippen LogP contribution >= 0.6 is 12.4 Å². The minimum absolute atomic E-state index is 0. The largest absolute Gasteiger partial charge is 0.461 e. The fourth-order valence-corrected chi connectivity index (χ4v) is 1.15. The Hall–Kier alpha value is -0.320. The fourth-order valence-electron chi connectivity index (χ4n) is 1.15. The van der Waals surface area contributed by atoms with Gasteiger partial charge in [-0.1, -0.05) is 13.8 Å². The summed E-state index contributed by atoms with van der Waals surface area (Å²) in [6.07, 6.45) is -0.822. The number of aliphatic hydroxyl groups excluding tert-OH is 1. The zero-order valence-corrected chi connectivity index (χ0v) is 10.6. The average molecular weight is 240 g/mol. The highest BCUT2D eigenvalue weighted by atomic mass is 35.5. The summed E-state index contributed by atoms with van der Waals surface area (Å²) < 4.78 is 4.85. The van der Waals surface area contributed by atoms with E-state index in [-0.39, 0.29) is 18.5 Å². The maximum atomic E-state index is 11.2. The van der Waals surface area contributed by atoms with E-state index in [4.69, 9.17) is 10.5 Å². The first kappa shape index (κ1) is 17.1. The fraction of sp³-hybridized carbons (Fsp3) is 0.900. The van der Waals surface area contributed by atoms with Crippen LogP contribution in [0.25, 0.3) is 0 Å². The van der Waals surface area contributed by atoms with E-state index in [1.807, 2.05) is 13.8 Å². The van der Waals surface area contributed by atoms with Gasteiger partial charge in [0.2, 0.25) is 0 Å². The van der Waals surface area contributed by atoms with E-state index in [2.05, 4.69) is 0 Å². The summed E-state index contributed by atoms with van der Waals surface area (Å²) in [4.78, 5) is 11.2. The van der Waals surface area contributed by atoms with E-state index in [9.17, 15) is 9.90 Å². The molecule has 0 heterocycles. The van der Waals surface area contributed by atoms with E-state index in [1.54, 1.807) is 13.8 Å². The molecule has 0 aromatic heterocycles. The number of rotatable bonds is 5. The van der Waals surface area contributed by atoms with E-state index >= 15 is 0 Å². The Labute approximate surface area is 97.6 Å². The van der Waals surface area contributed by atoms with Gasteiger partial charge in [-0.15, -0.1) is 12.4 Å². The van der Waals surface area contributed by atoms with Crippen molar-refractivity contribution in [3.8, 4) is 0 Å². The normalized spacial score (nSPS) is 14.7. The number of hydrogen-bond acceptors (Lipinski definition) is 4. The second-order valence-corrected chi connectivity index (χ2v) is 4.22. The van der Waals surface area contributed by atoms with Crippen LogP contribution in [0.4, 0.5) is 0 Å². The van der Waals surface area contributed by atoms with Crippen molar-refractivity contribution in [3.63, 3.8) is 0 Å². The molecule has 92 valence electrons. The second kappa shape index (κ2) is 7.91. The lowest BCUT2D eigenvalue weighted by Crippen LogP contribution is -2.42. The number of esters is 1. The van der Waals surface area contributed by atoms with Crippen molar-refractivity contribution in [1.82, 2.24) is 0 Å². The third-order valence-corrected chi connectivity index (χ3v) is 1.74. The molecular weight excluding hydrogens is 218 g/mol. The van der Waals surface area contributed by atoms with Crippen molar-refractivity contribution in [2.24, 2.45) is 11.7 Å². The Kier molecular flexibility index (Phi) is 9.01. The summed E-state index contributed by atoms with van der Waals surface area (Å²) in [7, 11) is 0. The van der Waals surface area contributed by atoms with Crippen LogP contribution in [-0.4, -0.2) is 29.3 Å². The smallest absolute Gasteiger partial charge is 0.336 e. The van der Waals surface area contributed by atoms with Gasteiger partial charge in [-0.05, 0) is 26.2 Å². The summed E-state index contributed by atoms with van der Waals surface area (Å²) in [5, 5.41) is 9.48. The number of carbonyl (C=O) groups excluding carboxylic acids is 1. The SMILES string of the molecule is CC(C)C[C@H](N)C(O)C(=O)OC(C)C.Cl. The number of aliphatic hydroxyl groups is 1. The predicted molar refractivity (Wildman–Crippen MR) is 61.9 cm³/mol. The van der Waals surface area contributed by atoms with E-state index in [0.717, 1.165) is 0 Å². The van der Waals surface area contributed by atoms with Crippen LogP contribution in [0.1, 0.15) is 34.1 Å². The van der Waals surface area contributed by atoms with Crippen LogP contribution in [0, 0.1) is 5.92 Å². The van der Waals surface area contributed by atoms with Crippen molar-refractivity contribution in [2.75, 3.05) is 0 Å². The number of hydrogen-bond donors (Lipinski definition) is 2. The van der Waals surface area contributed by atoms with Gasteiger partial charge in [0.25, 0.3) is 0 Å². The summed E-state index contributed by atoms with van der Waals surface area (Å²) in [5.41, 5.74) is 5.64. The molecule has 0 aromatic carbocycles. The van der Waals surface area contributed by atoms with Crippen molar-refractivity contribution in [2.45, 2.75) is 52.4 Å². The molecular formula is C10H22ClNO3. The number of nitrogens with two attached hydrogens (primary N) is 1. The molecule has 5 heteroatoms. The third kappa shape index (κ3) is 7.59. The molecule has 0 fully saturated rings. The van der Waals surface area contributed by atoms with Crippen LogP contribution < -0.4 is 5.73 Å². The summed E-state index contributed by atoms with van der Waals surface area (Å²) in [5.74, 6) is -0.278. The van der Waals surface area contributed by atoms with Gasteiger partial charge in [0.15, 0.2) is 6.10 Å². The first-order valence-corrected chi connectivity index (χ1v) is 4.98. The standard InChI is InChI=1S/C10H21NO3.ClH/c1-6(2)5-8(11)9(12)10(13)14-7(3)4;/h6-9,12H,5,11H2,1-4H3;1H/t8-,9?;/m0./s1. The Morgan fingerprint density at radius 2 is 1.80 bits per heavy atom. The first-order chi connectivity index (χ1) is 6.34. The molecule has 0 spiro atoms. The Morgan fingerprint density at radius 1 is 1.33 bits per heavy atom. The highest BCUT2D eigenvalue weighted by Crippen LogP contribution is 2.08. The van der Waals surface area contributed by atoms with Gasteiger partial charge in [0.05, 0.1) is 6.10 Å². The Bertz CT molecular complexity index is 186. The minimum Gasteiger partial charge on any atom is -0.461 e. The van der Waals surface area contributed by atoms with Gasteiger partial charge in [0.1, 0.15) is 0 Å². The molecule has 0 radical (unpaired) electrons. The van der Waals surface area contributed by atoms with E-state index < -0.39 is 18.1 Å². The van der Waals surface area contributed by atoms with Crippen molar-refractivity contribution < 1.29 is 14.6 Å². The highest BCUT2D eigenvalue weighted by Gasteiger charge is 2.25. The van der Waals surface area contributed by atoms with Gasteiger partial charge in [-0.25, -0.2) is 4.79 Å². The number of carbonyl (C=O) groups is 1. The van der Waals surface area contributed by atoms with Crippen LogP contribution in [0.2, 0.25) is 0 Å². The van der Waals surface area contributed by atoms with E-state index in [0.29, 0.717) is 12.3 Å². The van der Waals surface area contributed by atoms with E-state index in [1.165, 1.54) is 0 Å². The molecule has 2 atom stereocenters. The lowest BCUT2D eigenvalue weighted by Gasteiger charge is -2.20. The molecule has 0 amide bonds. The number of halogens is 1. The molecule has 0 saturated carbocycles. The molecule has 0 aliphatic rings. The molecule has 3 N–H and O–H groups in total. The Balaban J connectivity index is 0. The molecule has 0 bridgehead atoms. The predicted octanol–water partition coefficient (Wildman–Crippen LogP) is 1.09. The van der Waals surface area contributed by atoms with Gasteiger partial charge < -0.3 is 15.6 Å². The van der Waals surface area contributed by atoms with Crippen LogP contribution in [0.5, 0.6) is 0 Å². The molecule has 1 unspecified atom stereocenters. The molecule has 15 heavy (non-hydrogen) atoms. The zero-order chi connectivity index (χ0) is 11.3.